The largest absolute Gasteiger partial charge is 0.463 e. The monoisotopic (exact) mass is 538 g/mol. The molecule has 0 spiro atoms. The summed E-state index contributed by atoms with van der Waals surface area (Å²) in [4.78, 5) is 32.4. The van der Waals surface area contributed by atoms with Crippen LogP contribution in [0, 0.1) is 0 Å². The highest BCUT2D eigenvalue weighted by Crippen LogP contribution is 2.32. The first-order chi connectivity index (χ1) is 18.5. The van der Waals surface area contributed by atoms with Crippen molar-refractivity contribution in [3.05, 3.63) is 126 Å². The summed E-state index contributed by atoms with van der Waals surface area (Å²) in [6.45, 7) is 3.76. The number of benzene rings is 4. The molecule has 2 heterocycles. The van der Waals surface area contributed by atoms with Crippen LogP contribution in [-0.4, -0.2) is 17.1 Å². The fourth-order valence-electron chi connectivity index (χ4n) is 5.09. The lowest BCUT2D eigenvalue weighted by Gasteiger charge is -2.24. The van der Waals surface area contributed by atoms with E-state index in [9.17, 15) is 9.59 Å². The van der Waals surface area contributed by atoms with Crippen LogP contribution in [0.3, 0.4) is 0 Å². The Bertz CT molecular complexity index is 1900. The van der Waals surface area contributed by atoms with Crippen LogP contribution >= 0.6 is 22.9 Å². The van der Waals surface area contributed by atoms with Gasteiger partial charge in [0.05, 0.1) is 28.5 Å². The van der Waals surface area contributed by atoms with Gasteiger partial charge in [-0.05, 0) is 70.8 Å². The minimum Gasteiger partial charge on any atom is -0.463 e. The molecule has 4 aromatic carbocycles. The van der Waals surface area contributed by atoms with Crippen LogP contribution in [0.1, 0.15) is 31.0 Å². The van der Waals surface area contributed by atoms with Crippen LogP contribution in [-0.2, 0) is 9.53 Å². The number of rotatable bonds is 4. The molecule has 188 valence electrons. The molecule has 0 amide bonds. The van der Waals surface area contributed by atoms with E-state index in [-0.39, 0.29) is 12.2 Å². The van der Waals surface area contributed by atoms with Crippen LogP contribution in [0.25, 0.3) is 27.6 Å². The molecule has 5 aromatic rings. The van der Waals surface area contributed by atoms with Crippen molar-refractivity contribution >= 4 is 56.5 Å². The second kappa shape index (κ2) is 9.71. The van der Waals surface area contributed by atoms with E-state index in [4.69, 9.17) is 16.3 Å². The molecule has 1 aromatic heterocycles. The number of fused-ring (bicyclic) bond motifs is 3. The SMILES string of the molecule is CCOC(=O)C1=C(C)N=c2s/c(=C\c3c4ccccc4cc4ccccc34)c(=O)n2[C@H]1c1ccc(Cl)cc1. The van der Waals surface area contributed by atoms with Crippen molar-refractivity contribution in [2.45, 2.75) is 19.9 Å². The molecule has 7 heteroatoms. The van der Waals surface area contributed by atoms with E-state index in [1.165, 1.54) is 11.3 Å². The standard InChI is InChI=1S/C31H23ClN2O3S/c1-3-37-30(36)27-18(2)33-31-34(28(27)19-12-14-22(32)15-13-19)29(35)26(38-31)17-25-23-10-6-4-8-20(23)16-21-9-5-7-11-24(21)25/h4-17,28H,3H2,1-2H3/b26-17-/t28-/m0/s1. The number of carbonyl (C=O) groups excluding carboxylic acids is 1. The number of hydrogen-bond acceptors (Lipinski definition) is 5. The summed E-state index contributed by atoms with van der Waals surface area (Å²) in [5.41, 5.74) is 2.42. The molecule has 1 atom stereocenters. The van der Waals surface area contributed by atoms with Gasteiger partial charge in [0.2, 0.25) is 0 Å². The quantitative estimate of drug-likeness (QED) is 0.216. The van der Waals surface area contributed by atoms with Crippen molar-refractivity contribution in [1.29, 1.82) is 0 Å². The Labute approximate surface area is 227 Å². The van der Waals surface area contributed by atoms with Crippen LogP contribution in [0.2, 0.25) is 5.02 Å². The lowest BCUT2D eigenvalue weighted by atomic mass is 9.96. The van der Waals surface area contributed by atoms with Crippen molar-refractivity contribution in [1.82, 2.24) is 4.57 Å². The van der Waals surface area contributed by atoms with Gasteiger partial charge in [-0.25, -0.2) is 9.79 Å². The molecule has 0 radical (unpaired) electrons. The van der Waals surface area contributed by atoms with E-state index in [0.29, 0.717) is 25.6 Å². The summed E-state index contributed by atoms with van der Waals surface area (Å²) in [7, 11) is 0. The molecule has 0 saturated carbocycles. The van der Waals surface area contributed by atoms with Gasteiger partial charge in [-0.2, -0.15) is 0 Å². The number of aromatic nitrogens is 1. The van der Waals surface area contributed by atoms with Crippen molar-refractivity contribution in [2.75, 3.05) is 6.61 Å². The number of halogens is 1. The van der Waals surface area contributed by atoms with Gasteiger partial charge < -0.3 is 4.74 Å². The average Bonchev–Trinajstić information content (AvgIpc) is 3.22. The van der Waals surface area contributed by atoms with E-state index in [0.717, 1.165) is 32.7 Å². The number of ether oxygens (including phenoxy) is 1. The Kier molecular flexibility index (Phi) is 6.22. The predicted octanol–water partition coefficient (Wildman–Crippen LogP) is 5.76. The molecule has 1 aliphatic heterocycles. The first-order valence-corrected chi connectivity index (χ1v) is 13.5. The fraction of sp³-hybridized carbons (Fsp3) is 0.129. The van der Waals surface area contributed by atoms with E-state index in [1.54, 1.807) is 30.5 Å². The third kappa shape index (κ3) is 4.06. The molecule has 0 saturated heterocycles. The summed E-state index contributed by atoms with van der Waals surface area (Å²) in [5, 5.41) is 4.90. The minimum atomic E-state index is -0.672. The van der Waals surface area contributed by atoms with E-state index in [2.05, 4.69) is 35.3 Å². The van der Waals surface area contributed by atoms with Gasteiger partial charge in [-0.15, -0.1) is 0 Å². The zero-order chi connectivity index (χ0) is 26.4. The molecule has 38 heavy (non-hydrogen) atoms. The molecule has 0 fully saturated rings. The second-order valence-corrected chi connectivity index (χ2v) is 10.5. The van der Waals surface area contributed by atoms with Crippen LogP contribution in [0.4, 0.5) is 0 Å². The smallest absolute Gasteiger partial charge is 0.338 e. The maximum absolute atomic E-state index is 14.1. The highest BCUT2D eigenvalue weighted by Gasteiger charge is 2.33. The number of carbonyl (C=O) groups is 1. The first kappa shape index (κ1) is 24.3. The number of hydrogen-bond donors (Lipinski definition) is 0. The topological polar surface area (TPSA) is 60.7 Å². The van der Waals surface area contributed by atoms with Crippen molar-refractivity contribution in [3.8, 4) is 0 Å². The molecular weight excluding hydrogens is 516 g/mol. The van der Waals surface area contributed by atoms with Crippen molar-refractivity contribution in [3.63, 3.8) is 0 Å². The third-order valence-corrected chi connectivity index (χ3v) is 8.03. The summed E-state index contributed by atoms with van der Waals surface area (Å²) < 4.78 is 7.53. The van der Waals surface area contributed by atoms with Gasteiger partial charge in [0.25, 0.3) is 5.56 Å². The Hall–Kier alpha value is -4.00. The van der Waals surface area contributed by atoms with Gasteiger partial charge >= 0.3 is 5.97 Å². The van der Waals surface area contributed by atoms with Crippen LogP contribution < -0.4 is 14.9 Å². The lowest BCUT2D eigenvalue weighted by molar-refractivity contribution is -0.139. The summed E-state index contributed by atoms with van der Waals surface area (Å²) in [6.07, 6.45) is 1.96. The number of thiazole rings is 1. The predicted molar refractivity (Wildman–Crippen MR) is 153 cm³/mol. The van der Waals surface area contributed by atoms with Crippen molar-refractivity contribution < 1.29 is 9.53 Å². The molecule has 1 aliphatic rings. The lowest BCUT2D eigenvalue weighted by Crippen LogP contribution is -2.39. The van der Waals surface area contributed by atoms with Gasteiger partial charge in [0, 0.05) is 5.02 Å². The highest BCUT2D eigenvalue weighted by molar-refractivity contribution is 7.07. The highest BCUT2D eigenvalue weighted by atomic mass is 35.5. The first-order valence-electron chi connectivity index (χ1n) is 12.3. The zero-order valence-corrected chi connectivity index (χ0v) is 22.3. The Morgan fingerprint density at radius 2 is 1.66 bits per heavy atom. The van der Waals surface area contributed by atoms with Crippen LogP contribution in [0.15, 0.2) is 99.9 Å². The minimum absolute atomic E-state index is 0.208. The number of esters is 1. The molecule has 0 bridgehead atoms. The van der Waals surface area contributed by atoms with E-state index >= 15 is 0 Å². The fourth-order valence-corrected chi connectivity index (χ4v) is 6.24. The Morgan fingerprint density at radius 3 is 2.29 bits per heavy atom. The molecule has 5 nitrogen and oxygen atoms in total. The number of allylic oxidation sites excluding steroid dienone is 1. The molecular formula is C31H23ClN2O3S. The Balaban J connectivity index is 1.64. The normalized spacial score (nSPS) is 15.6. The van der Waals surface area contributed by atoms with Crippen molar-refractivity contribution in [2.24, 2.45) is 4.99 Å². The van der Waals surface area contributed by atoms with Gasteiger partial charge in [0.1, 0.15) is 0 Å². The summed E-state index contributed by atoms with van der Waals surface area (Å²) in [5.74, 6) is -0.483. The summed E-state index contributed by atoms with van der Waals surface area (Å²) >= 11 is 7.48. The summed E-state index contributed by atoms with van der Waals surface area (Å²) in [6, 6.07) is 25.0. The van der Waals surface area contributed by atoms with Gasteiger partial charge in [-0.3, -0.25) is 9.36 Å². The van der Waals surface area contributed by atoms with Gasteiger partial charge in [0.15, 0.2) is 4.80 Å². The van der Waals surface area contributed by atoms with E-state index in [1.807, 2.05) is 42.5 Å². The maximum Gasteiger partial charge on any atom is 0.338 e. The van der Waals surface area contributed by atoms with E-state index < -0.39 is 12.0 Å². The molecule has 6 rings (SSSR count). The average molecular weight is 539 g/mol. The second-order valence-electron chi connectivity index (χ2n) is 9.09. The maximum atomic E-state index is 14.1. The van der Waals surface area contributed by atoms with Gasteiger partial charge in [-0.1, -0.05) is 83.6 Å². The Morgan fingerprint density at radius 1 is 1.03 bits per heavy atom. The van der Waals surface area contributed by atoms with Crippen LogP contribution in [0.5, 0.6) is 0 Å². The third-order valence-electron chi connectivity index (χ3n) is 6.79. The molecule has 0 unspecified atom stereocenters. The number of nitrogens with zero attached hydrogens (tertiary/aromatic N) is 2. The molecule has 0 aliphatic carbocycles. The molecule has 0 N–H and O–H groups in total. The zero-order valence-electron chi connectivity index (χ0n) is 20.8.